The fraction of sp³-hybridized carbons (Fsp3) is 0.238. The van der Waals surface area contributed by atoms with Crippen LogP contribution in [0.2, 0.25) is 0 Å². The summed E-state index contributed by atoms with van der Waals surface area (Å²) in [5.41, 5.74) is 5.40. The van der Waals surface area contributed by atoms with Gasteiger partial charge in [0, 0.05) is 22.4 Å². The summed E-state index contributed by atoms with van der Waals surface area (Å²) >= 11 is 1.72. The highest BCUT2D eigenvalue weighted by Gasteiger charge is 2.09. The minimum absolute atomic E-state index is 0.329. The molecule has 0 atom stereocenters. The highest BCUT2D eigenvalue weighted by molar-refractivity contribution is 7.98. The number of aromatic nitrogens is 2. The van der Waals surface area contributed by atoms with Gasteiger partial charge in [-0.25, -0.2) is 9.48 Å². The third kappa shape index (κ3) is 4.92. The molecular weight excluding hydrogens is 360 g/mol. The zero-order valence-corrected chi connectivity index (χ0v) is 16.4. The van der Waals surface area contributed by atoms with Crippen molar-refractivity contribution in [1.82, 2.24) is 9.78 Å². The predicted molar refractivity (Wildman–Crippen MR) is 107 cm³/mol. The molecular formula is C21H22N2O3S. The second-order valence-corrected chi connectivity index (χ2v) is 7.47. The maximum atomic E-state index is 10.6. The fourth-order valence-corrected chi connectivity index (χ4v) is 3.67. The largest absolute Gasteiger partial charge is 0.482 e. The minimum Gasteiger partial charge on any atom is -0.482 e. The van der Waals surface area contributed by atoms with E-state index >= 15 is 0 Å². The lowest BCUT2D eigenvalue weighted by Crippen LogP contribution is -2.09. The van der Waals surface area contributed by atoms with E-state index in [0.29, 0.717) is 5.75 Å². The molecule has 1 heterocycles. The summed E-state index contributed by atoms with van der Waals surface area (Å²) in [5, 5.41) is 13.3. The van der Waals surface area contributed by atoms with E-state index in [2.05, 4.69) is 42.5 Å². The number of benzene rings is 2. The third-order valence-corrected chi connectivity index (χ3v) is 5.23. The number of aliphatic carboxylic acids is 1. The molecule has 0 aliphatic rings. The number of hydrogen-bond acceptors (Lipinski definition) is 4. The predicted octanol–water partition coefficient (Wildman–Crippen LogP) is 4.55. The van der Waals surface area contributed by atoms with Crippen molar-refractivity contribution in [3.05, 3.63) is 71.0 Å². The Hall–Kier alpha value is -2.73. The van der Waals surface area contributed by atoms with Crippen LogP contribution in [0, 0.1) is 20.8 Å². The second-order valence-electron chi connectivity index (χ2n) is 6.42. The maximum Gasteiger partial charge on any atom is 0.341 e. The Balaban J connectivity index is 1.67. The Morgan fingerprint density at radius 2 is 1.89 bits per heavy atom. The molecule has 0 aliphatic carbocycles. The summed E-state index contributed by atoms with van der Waals surface area (Å²) in [6.07, 6.45) is 2.07. The molecule has 0 spiro atoms. The normalized spacial score (nSPS) is 10.8. The van der Waals surface area contributed by atoms with Crippen LogP contribution in [0.4, 0.5) is 0 Å². The lowest BCUT2D eigenvalue weighted by atomic mass is 10.2. The Bertz CT molecular complexity index is 949. The number of carboxylic acids is 1. The van der Waals surface area contributed by atoms with Crippen LogP contribution in [0.3, 0.4) is 0 Å². The van der Waals surface area contributed by atoms with Crippen LogP contribution < -0.4 is 4.74 Å². The van der Waals surface area contributed by atoms with E-state index in [1.54, 1.807) is 11.8 Å². The highest BCUT2D eigenvalue weighted by Crippen LogP contribution is 2.29. The van der Waals surface area contributed by atoms with Crippen LogP contribution >= 0.6 is 11.8 Å². The van der Waals surface area contributed by atoms with E-state index in [9.17, 15) is 4.79 Å². The van der Waals surface area contributed by atoms with Crippen LogP contribution in [0.1, 0.15) is 22.4 Å². The van der Waals surface area contributed by atoms with Gasteiger partial charge in [-0.05, 0) is 56.7 Å². The summed E-state index contributed by atoms with van der Waals surface area (Å²) in [4.78, 5) is 11.7. The van der Waals surface area contributed by atoms with Gasteiger partial charge in [-0.1, -0.05) is 17.7 Å². The van der Waals surface area contributed by atoms with Crippen molar-refractivity contribution < 1.29 is 14.6 Å². The second kappa shape index (κ2) is 8.31. The standard InChI is InChI=1S/C21H22N2O3S/c1-14-4-6-18(7-5-14)23-11-17(16(3)22-23)13-27-19-8-9-20(15(2)10-19)26-12-21(24)25/h4-11H,12-13H2,1-3H3,(H,24,25). The Kier molecular flexibility index (Phi) is 5.86. The van der Waals surface area contributed by atoms with Crippen molar-refractivity contribution in [3.63, 3.8) is 0 Å². The van der Waals surface area contributed by atoms with E-state index in [1.807, 2.05) is 36.7 Å². The van der Waals surface area contributed by atoms with Gasteiger partial charge in [-0.3, -0.25) is 0 Å². The minimum atomic E-state index is -0.978. The lowest BCUT2D eigenvalue weighted by Gasteiger charge is -2.09. The monoisotopic (exact) mass is 382 g/mol. The van der Waals surface area contributed by atoms with Crippen LogP contribution in [0.15, 0.2) is 53.6 Å². The van der Waals surface area contributed by atoms with Gasteiger partial charge in [0.15, 0.2) is 6.61 Å². The molecule has 0 radical (unpaired) electrons. The molecule has 5 nitrogen and oxygen atoms in total. The van der Waals surface area contributed by atoms with Crippen LogP contribution in [0.5, 0.6) is 5.75 Å². The van der Waals surface area contributed by atoms with E-state index in [4.69, 9.17) is 9.84 Å². The molecule has 0 fully saturated rings. The number of carboxylic acid groups (broad SMARTS) is 1. The van der Waals surface area contributed by atoms with Gasteiger partial charge < -0.3 is 9.84 Å². The van der Waals surface area contributed by atoms with Crippen molar-refractivity contribution in [3.8, 4) is 11.4 Å². The van der Waals surface area contributed by atoms with E-state index in [1.165, 1.54) is 11.1 Å². The van der Waals surface area contributed by atoms with Crippen LogP contribution in [-0.4, -0.2) is 27.5 Å². The fourth-order valence-electron chi connectivity index (χ4n) is 2.64. The highest BCUT2D eigenvalue weighted by atomic mass is 32.2. The molecule has 27 heavy (non-hydrogen) atoms. The first-order valence-electron chi connectivity index (χ1n) is 8.62. The SMILES string of the molecule is Cc1ccc(-n2cc(CSc3ccc(OCC(=O)O)c(C)c3)c(C)n2)cc1. The first-order chi connectivity index (χ1) is 12.9. The number of hydrogen-bond donors (Lipinski definition) is 1. The Labute approximate surface area is 163 Å². The van der Waals surface area contributed by atoms with Crippen molar-refractivity contribution >= 4 is 17.7 Å². The number of carbonyl (C=O) groups is 1. The van der Waals surface area contributed by atoms with Crippen molar-refractivity contribution in [2.24, 2.45) is 0 Å². The zero-order chi connectivity index (χ0) is 19.4. The Morgan fingerprint density at radius 1 is 1.15 bits per heavy atom. The zero-order valence-electron chi connectivity index (χ0n) is 15.6. The van der Waals surface area contributed by atoms with E-state index in [0.717, 1.165) is 27.6 Å². The first-order valence-corrected chi connectivity index (χ1v) is 9.61. The molecule has 0 amide bonds. The van der Waals surface area contributed by atoms with Gasteiger partial charge in [-0.15, -0.1) is 11.8 Å². The smallest absolute Gasteiger partial charge is 0.341 e. The number of nitrogens with zero attached hydrogens (tertiary/aromatic N) is 2. The van der Waals surface area contributed by atoms with E-state index in [-0.39, 0.29) is 6.61 Å². The topological polar surface area (TPSA) is 64.3 Å². The average Bonchev–Trinajstić information content (AvgIpc) is 3.00. The molecule has 1 N–H and O–H groups in total. The molecule has 0 unspecified atom stereocenters. The molecule has 0 saturated heterocycles. The number of aryl methyl sites for hydroxylation is 3. The van der Waals surface area contributed by atoms with Crippen molar-refractivity contribution in [2.45, 2.75) is 31.4 Å². The molecule has 0 aliphatic heterocycles. The van der Waals surface area contributed by atoms with Gasteiger partial charge in [0.1, 0.15) is 5.75 Å². The molecule has 2 aromatic carbocycles. The quantitative estimate of drug-likeness (QED) is 0.607. The number of thioether (sulfide) groups is 1. The first kappa shape index (κ1) is 19.0. The lowest BCUT2D eigenvalue weighted by molar-refractivity contribution is -0.139. The summed E-state index contributed by atoms with van der Waals surface area (Å²) in [5.74, 6) is 0.436. The Morgan fingerprint density at radius 3 is 2.56 bits per heavy atom. The van der Waals surface area contributed by atoms with Crippen molar-refractivity contribution in [1.29, 1.82) is 0 Å². The molecule has 140 valence electrons. The van der Waals surface area contributed by atoms with Gasteiger partial charge in [0.25, 0.3) is 0 Å². The molecule has 0 saturated carbocycles. The van der Waals surface area contributed by atoms with E-state index < -0.39 is 5.97 Å². The van der Waals surface area contributed by atoms with Gasteiger partial charge >= 0.3 is 5.97 Å². The maximum absolute atomic E-state index is 10.6. The van der Waals surface area contributed by atoms with Gasteiger partial charge in [-0.2, -0.15) is 5.10 Å². The summed E-state index contributed by atoms with van der Waals surface area (Å²) < 4.78 is 7.19. The van der Waals surface area contributed by atoms with Crippen molar-refractivity contribution in [2.75, 3.05) is 6.61 Å². The average molecular weight is 382 g/mol. The molecule has 1 aromatic heterocycles. The van der Waals surface area contributed by atoms with Crippen LogP contribution in [-0.2, 0) is 10.5 Å². The number of ether oxygens (including phenoxy) is 1. The summed E-state index contributed by atoms with van der Waals surface area (Å²) in [6.45, 7) is 5.68. The summed E-state index contributed by atoms with van der Waals surface area (Å²) in [7, 11) is 0. The molecule has 6 heteroatoms. The summed E-state index contributed by atoms with van der Waals surface area (Å²) in [6, 6.07) is 14.1. The third-order valence-electron chi connectivity index (χ3n) is 4.19. The molecule has 3 rings (SSSR count). The molecule has 0 bridgehead atoms. The number of rotatable bonds is 7. The van der Waals surface area contributed by atoms with Gasteiger partial charge in [0.05, 0.1) is 11.4 Å². The van der Waals surface area contributed by atoms with Gasteiger partial charge in [0.2, 0.25) is 0 Å². The van der Waals surface area contributed by atoms with Crippen LogP contribution in [0.25, 0.3) is 5.69 Å². The molecule has 3 aromatic rings.